The van der Waals surface area contributed by atoms with Gasteiger partial charge < -0.3 is 10.1 Å². The maximum atomic E-state index is 12.7. The van der Waals surface area contributed by atoms with Crippen LogP contribution in [0.4, 0.5) is 11.4 Å². The van der Waals surface area contributed by atoms with E-state index in [4.69, 9.17) is 16.3 Å². The summed E-state index contributed by atoms with van der Waals surface area (Å²) < 4.78 is 31.7. The first-order valence-electron chi connectivity index (χ1n) is 9.61. The maximum Gasteiger partial charge on any atom is 0.340 e. The third-order valence-electron chi connectivity index (χ3n) is 4.82. The molecule has 0 aliphatic carbocycles. The number of halogens is 1. The monoisotopic (exact) mass is 481 g/mol. The number of hydrogen-bond acceptors (Lipinski definition) is 7. The SMILES string of the molecule is Cc1ccc(NC(=O)COC(=O)c2cc(S(=O)(=O)N3CCCC3)ccc2Cl)c([N+](=O)[O-])c1. The molecule has 0 spiro atoms. The third-order valence-corrected chi connectivity index (χ3v) is 7.04. The molecule has 1 heterocycles. The third kappa shape index (κ3) is 5.23. The highest BCUT2D eigenvalue weighted by atomic mass is 35.5. The molecule has 1 N–H and O–H groups in total. The largest absolute Gasteiger partial charge is 0.452 e. The number of hydrogen-bond donors (Lipinski definition) is 1. The Balaban J connectivity index is 1.70. The molecule has 0 unspecified atom stereocenters. The van der Waals surface area contributed by atoms with E-state index in [9.17, 15) is 28.1 Å². The lowest BCUT2D eigenvalue weighted by atomic mass is 10.2. The van der Waals surface area contributed by atoms with Gasteiger partial charge in [-0.05, 0) is 49.6 Å². The van der Waals surface area contributed by atoms with Crippen LogP contribution in [0, 0.1) is 17.0 Å². The van der Waals surface area contributed by atoms with Crippen LogP contribution in [0.1, 0.15) is 28.8 Å². The van der Waals surface area contributed by atoms with Gasteiger partial charge in [-0.3, -0.25) is 14.9 Å². The van der Waals surface area contributed by atoms with Gasteiger partial charge >= 0.3 is 5.97 Å². The van der Waals surface area contributed by atoms with Gasteiger partial charge in [0.25, 0.3) is 11.6 Å². The quantitative estimate of drug-likeness (QED) is 0.364. The van der Waals surface area contributed by atoms with Gasteiger partial charge in [-0.25, -0.2) is 13.2 Å². The zero-order chi connectivity index (χ0) is 23.5. The van der Waals surface area contributed by atoms with Crippen LogP contribution in [0.3, 0.4) is 0 Å². The second-order valence-corrected chi connectivity index (χ2v) is 9.50. The van der Waals surface area contributed by atoms with Crippen molar-refractivity contribution in [1.82, 2.24) is 4.31 Å². The van der Waals surface area contributed by atoms with Crippen LogP contribution in [0.25, 0.3) is 0 Å². The highest BCUT2D eigenvalue weighted by Gasteiger charge is 2.28. The highest BCUT2D eigenvalue weighted by molar-refractivity contribution is 7.89. The average Bonchev–Trinajstić information content (AvgIpc) is 3.29. The smallest absolute Gasteiger partial charge is 0.340 e. The van der Waals surface area contributed by atoms with Gasteiger partial charge in [-0.2, -0.15) is 4.31 Å². The van der Waals surface area contributed by atoms with E-state index < -0.39 is 33.4 Å². The molecule has 1 fully saturated rings. The van der Waals surface area contributed by atoms with Crippen LogP contribution in [0.2, 0.25) is 5.02 Å². The van der Waals surface area contributed by atoms with E-state index in [2.05, 4.69) is 5.32 Å². The second-order valence-electron chi connectivity index (χ2n) is 7.15. The predicted molar refractivity (Wildman–Crippen MR) is 116 cm³/mol. The molecule has 0 saturated carbocycles. The Bertz CT molecular complexity index is 1180. The van der Waals surface area contributed by atoms with E-state index >= 15 is 0 Å². The van der Waals surface area contributed by atoms with Crippen molar-refractivity contribution in [3.8, 4) is 0 Å². The van der Waals surface area contributed by atoms with Crippen LogP contribution < -0.4 is 5.32 Å². The molecule has 1 amide bonds. The molecule has 170 valence electrons. The molecule has 0 bridgehead atoms. The van der Waals surface area contributed by atoms with Crippen molar-refractivity contribution >= 4 is 44.9 Å². The number of nitrogens with one attached hydrogen (secondary N) is 1. The van der Waals surface area contributed by atoms with Crippen LogP contribution in [0.5, 0.6) is 0 Å². The summed E-state index contributed by atoms with van der Waals surface area (Å²) in [5, 5.41) is 13.4. The number of esters is 1. The molecule has 1 saturated heterocycles. The lowest BCUT2D eigenvalue weighted by Crippen LogP contribution is -2.28. The Hall–Kier alpha value is -3.02. The molecule has 3 rings (SSSR count). The summed E-state index contributed by atoms with van der Waals surface area (Å²) in [6, 6.07) is 7.94. The molecule has 32 heavy (non-hydrogen) atoms. The lowest BCUT2D eigenvalue weighted by Gasteiger charge is -2.16. The fourth-order valence-corrected chi connectivity index (χ4v) is 4.93. The van der Waals surface area contributed by atoms with Gasteiger partial charge in [0.1, 0.15) is 5.69 Å². The second kappa shape index (κ2) is 9.63. The van der Waals surface area contributed by atoms with Crippen LogP contribution >= 0.6 is 11.6 Å². The van der Waals surface area contributed by atoms with E-state index in [1.165, 1.54) is 28.6 Å². The van der Waals surface area contributed by atoms with Crippen LogP contribution in [0.15, 0.2) is 41.3 Å². The van der Waals surface area contributed by atoms with Crippen molar-refractivity contribution in [3.05, 3.63) is 62.7 Å². The molecule has 2 aromatic carbocycles. The Kier molecular flexibility index (Phi) is 7.12. The molecule has 1 aliphatic heterocycles. The molecule has 10 nitrogen and oxygen atoms in total. The zero-order valence-electron chi connectivity index (χ0n) is 17.0. The molecule has 0 atom stereocenters. The Morgan fingerprint density at radius 2 is 1.88 bits per heavy atom. The molecule has 2 aromatic rings. The number of ether oxygens (including phenoxy) is 1. The fourth-order valence-electron chi connectivity index (χ4n) is 3.19. The van der Waals surface area contributed by atoms with Gasteiger partial charge in [0.05, 0.1) is 20.4 Å². The highest BCUT2D eigenvalue weighted by Crippen LogP contribution is 2.27. The molecule has 0 radical (unpaired) electrons. The van der Waals surface area contributed by atoms with Crippen molar-refractivity contribution in [2.75, 3.05) is 25.0 Å². The number of sulfonamides is 1. The minimum Gasteiger partial charge on any atom is -0.452 e. The zero-order valence-corrected chi connectivity index (χ0v) is 18.6. The normalized spacial score (nSPS) is 14.2. The van der Waals surface area contributed by atoms with E-state index in [1.807, 2.05) is 0 Å². The molecule has 12 heteroatoms. The number of nitro benzene ring substituents is 1. The van der Waals surface area contributed by atoms with Crippen molar-refractivity contribution in [3.63, 3.8) is 0 Å². The first kappa shape index (κ1) is 23.6. The van der Waals surface area contributed by atoms with Crippen molar-refractivity contribution in [2.24, 2.45) is 0 Å². The van der Waals surface area contributed by atoms with E-state index in [0.29, 0.717) is 18.7 Å². The lowest BCUT2D eigenvalue weighted by molar-refractivity contribution is -0.384. The van der Waals surface area contributed by atoms with E-state index in [0.717, 1.165) is 18.9 Å². The summed E-state index contributed by atoms with van der Waals surface area (Å²) >= 11 is 6.03. The minimum atomic E-state index is -3.78. The Morgan fingerprint density at radius 1 is 1.19 bits per heavy atom. The number of carbonyl (C=O) groups is 2. The summed E-state index contributed by atoms with van der Waals surface area (Å²) in [6.45, 7) is 1.72. The Labute approximate surface area is 189 Å². The number of anilines is 1. The molecular weight excluding hydrogens is 462 g/mol. The molecule has 1 aliphatic rings. The van der Waals surface area contributed by atoms with Gasteiger partial charge in [-0.1, -0.05) is 17.7 Å². The topological polar surface area (TPSA) is 136 Å². The summed E-state index contributed by atoms with van der Waals surface area (Å²) in [6.07, 6.45) is 1.52. The number of nitrogens with zero attached hydrogens (tertiary/aromatic N) is 2. The van der Waals surface area contributed by atoms with Crippen LogP contribution in [-0.2, 0) is 19.6 Å². The summed E-state index contributed by atoms with van der Waals surface area (Å²) in [5.41, 5.74) is 0.0894. The first-order chi connectivity index (χ1) is 15.1. The summed E-state index contributed by atoms with van der Waals surface area (Å²) in [5.74, 6) is -1.80. The summed E-state index contributed by atoms with van der Waals surface area (Å²) in [7, 11) is -3.78. The number of rotatable bonds is 7. The van der Waals surface area contributed by atoms with Crippen molar-refractivity contribution < 1.29 is 27.7 Å². The van der Waals surface area contributed by atoms with Gasteiger partial charge in [0.2, 0.25) is 10.0 Å². The molecule has 0 aromatic heterocycles. The van der Waals surface area contributed by atoms with E-state index in [-0.39, 0.29) is 26.9 Å². The van der Waals surface area contributed by atoms with Gasteiger partial charge in [-0.15, -0.1) is 0 Å². The standard InChI is InChI=1S/C20H20ClN3O7S/c1-13-4-7-17(18(10-13)24(27)28)22-19(25)12-31-20(26)15-11-14(5-6-16(15)21)32(29,30)23-8-2-3-9-23/h4-7,10-11H,2-3,8-9,12H2,1H3,(H,22,25). The number of amides is 1. The predicted octanol–water partition coefficient (Wildman–Crippen LogP) is 3.14. The minimum absolute atomic E-state index is 0.0371. The van der Waals surface area contributed by atoms with E-state index in [1.54, 1.807) is 13.0 Å². The first-order valence-corrected chi connectivity index (χ1v) is 11.4. The van der Waals surface area contributed by atoms with Crippen molar-refractivity contribution in [1.29, 1.82) is 0 Å². The van der Waals surface area contributed by atoms with Gasteiger partial charge in [0.15, 0.2) is 6.61 Å². The van der Waals surface area contributed by atoms with Crippen LogP contribution in [-0.4, -0.2) is 49.2 Å². The molecular formula is C20H20ClN3O7S. The fraction of sp³-hybridized carbons (Fsp3) is 0.300. The number of aryl methyl sites for hydroxylation is 1. The Morgan fingerprint density at radius 3 is 2.53 bits per heavy atom. The van der Waals surface area contributed by atoms with Gasteiger partial charge in [0, 0.05) is 19.2 Å². The maximum absolute atomic E-state index is 12.7. The average molecular weight is 482 g/mol. The summed E-state index contributed by atoms with van der Waals surface area (Å²) in [4.78, 5) is 35.0. The number of nitro groups is 1. The number of carbonyl (C=O) groups excluding carboxylic acids is 2. The van der Waals surface area contributed by atoms with Crippen molar-refractivity contribution in [2.45, 2.75) is 24.7 Å². The number of benzene rings is 2.